The monoisotopic (exact) mass is 297 g/mol. The summed E-state index contributed by atoms with van der Waals surface area (Å²) in [7, 11) is 0. The van der Waals surface area contributed by atoms with E-state index in [9.17, 15) is 4.79 Å². The van der Waals surface area contributed by atoms with Crippen LogP contribution >= 0.6 is 0 Å². The van der Waals surface area contributed by atoms with Crippen LogP contribution in [0.2, 0.25) is 0 Å². The van der Waals surface area contributed by atoms with Gasteiger partial charge in [0.1, 0.15) is 0 Å². The molecular formula is C17H19N3O2. The summed E-state index contributed by atoms with van der Waals surface area (Å²) in [5, 5.41) is 10.6. The predicted molar refractivity (Wildman–Crippen MR) is 82.4 cm³/mol. The lowest BCUT2D eigenvalue weighted by Gasteiger charge is -2.14. The van der Waals surface area contributed by atoms with Gasteiger partial charge in [0.15, 0.2) is 5.69 Å². The Morgan fingerprint density at radius 3 is 2.73 bits per heavy atom. The molecule has 5 nitrogen and oxygen atoms in total. The van der Waals surface area contributed by atoms with E-state index in [-0.39, 0.29) is 18.1 Å². The zero-order valence-electron chi connectivity index (χ0n) is 12.5. The average Bonchev–Trinajstić information content (AvgIpc) is 3.03. The van der Waals surface area contributed by atoms with E-state index in [4.69, 9.17) is 4.74 Å². The Kier molecular flexibility index (Phi) is 4.44. The molecule has 1 aromatic heterocycles. The molecule has 1 aliphatic rings. The second kappa shape index (κ2) is 6.66. The van der Waals surface area contributed by atoms with Crippen LogP contribution in [-0.4, -0.2) is 28.8 Å². The lowest BCUT2D eigenvalue weighted by Crippen LogP contribution is -2.32. The van der Waals surface area contributed by atoms with Gasteiger partial charge in [-0.2, -0.15) is 5.10 Å². The van der Waals surface area contributed by atoms with Gasteiger partial charge in [-0.05, 0) is 37.5 Å². The molecule has 5 heteroatoms. The number of nitrogens with zero attached hydrogens (tertiary/aromatic N) is 2. The summed E-state index contributed by atoms with van der Waals surface area (Å²) in [5.74, 6) is -0.209. The maximum atomic E-state index is 12.0. The van der Waals surface area contributed by atoms with Crippen LogP contribution < -0.4 is 5.32 Å². The summed E-state index contributed by atoms with van der Waals surface area (Å²) < 4.78 is 6.00. The molecule has 0 bridgehead atoms. The molecular weight excluding hydrogens is 278 g/mol. The van der Waals surface area contributed by atoms with Gasteiger partial charge >= 0.3 is 0 Å². The number of carbonyl (C=O) groups is 1. The minimum Gasteiger partial charge on any atom is -0.368 e. The molecule has 3 rings (SSSR count). The van der Waals surface area contributed by atoms with Gasteiger partial charge in [-0.25, -0.2) is 0 Å². The molecule has 2 atom stereocenters. The number of nitrogens with one attached hydrogen (secondary N) is 1. The van der Waals surface area contributed by atoms with Crippen molar-refractivity contribution in [3.05, 3.63) is 59.4 Å². The van der Waals surface area contributed by atoms with Crippen molar-refractivity contribution in [3.8, 4) is 0 Å². The van der Waals surface area contributed by atoms with E-state index in [1.807, 2.05) is 25.1 Å². The molecule has 2 aromatic rings. The first-order chi connectivity index (χ1) is 10.7. The van der Waals surface area contributed by atoms with Crippen LogP contribution in [0.5, 0.6) is 0 Å². The molecule has 0 spiro atoms. The van der Waals surface area contributed by atoms with Crippen LogP contribution in [0.3, 0.4) is 0 Å². The van der Waals surface area contributed by atoms with Crippen molar-refractivity contribution in [3.63, 3.8) is 0 Å². The molecule has 0 radical (unpaired) electrons. The fraction of sp³-hybridized carbons (Fsp3) is 0.353. The van der Waals surface area contributed by atoms with E-state index < -0.39 is 0 Å². The number of aryl methyl sites for hydroxylation is 1. The first kappa shape index (κ1) is 14.7. The Morgan fingerprint density at radius 1 is 1.18 bits per heavy atom. The van der Waals surface area contributed by atoms with Gasteiger partial charge in [0.25, 0.3) is 5.91 Å². The van der Waals surface area contributed by atoms with Gasteiger partial charge in [-0.3, -0.25) is 4.79 Å². The lowest BCUT2D eigenvalue weighted by atomic mass is 10.1. The number of benzene rings is 1. The average molecular weight is 297 g/mol. The Morgan fingerprint density at radius 2 is 2.00 bits per heavy atom. The maximum absolute atomic E-state index is 12.0. The van der Waals surface area contributed by atoms with E-state index in [2.05, 4.69) is 27.6 Å². The second-order valence-corrected chi connectivity index (χ2v) is 5.50. The number of carbonyl (C=O) groups excluding carboxylic acids is 1. The highest BCUT2D eigenvalue weighted by Gasteiger charge is 2.26. The minimum absolute atomic E-state index is 0.0487. The number of ether oxygens (including phenoxy) is 1. The van der Waals surface area contributed by atoms with E-state index in [1.54, 1.807) is 12.1 Å². The SMILES string of the molecule is Cc1ccc(C(=O)NC[C@H]2CC[C@@H](c3ccccc3)O2)nn1. The lowest BCUT2D eigenvalue weighted by molar-refractivity contribution is 0.0435. The van der Waals surface area contributed by atoms with Crippen molar-refractivity contribution < 1.29 is 9.53 Å². The summed E-state index contributed by atoms with van der Waals surface area (Å²) in [4.78, 5) is 12.0. The Hall–Kier alpha value is -2.27. The van der Waals surface area contributed by atoms with Crippen LogP contribution in [0.1, 0.15) is 40.7 Å². The molecule has 1 aromatic carbocycles. The summed E-state index contributed by atoms with van der Waals surface area (Å²) in [6.45, 7) is 2.34. The summed E-state index contributed by atoms with van der Waals surface area (Å²) in [5.41, 5.74) is 2.32. The number of hydrogen-bond acceptors (Lipinski definition) is 4. The van der Waals surface area contributed by atoms with Crippen molar-refractivity contribution in [1.82, 2.24) is 15.5 Å². The maximum Gasteiger partial charge on any atom is 0.271 e. The topological polar surface area (TPSA) is 64.1 Å². The third-order valence-electron chi connectivity index (χ3n) is 3.80. The van der Waals surface area contributed by atoms with Crippen molar-refractivity contribution in [2.75, 3.05) is 6.54 Å². The van der Waals surface area contributed by atoms with Crippen molar-refractivity contribution >= 4 is 5.91 Å². The molecule has 1 amide bonds. The van der Waals surface area contributed by atoms with Gasteiger partial charge in [0.05, 0.1) is 17.9 Å². The fourth-order valence-corrected chi connectivity index (χ4v) is 2.59. The van der Waals surface area contributed by atoms with Crippen molar-refractivity contribution in [1.29, 1.82) is 0 Å². The van der Waals surface area contributed by atoms with E-state index in [1.165, 1.54) is 5.56 Å². The highest BCUT2D eigenvalue weighted by Crippen LogP contribution is 2.32. The number of amides is 1. The molecule has 2 heterocycles. The second-order valence-electron chi connectivity index (χ2n) is 5.50. The van der Waals surface area contributed by atoms with Gasteiger partial charge in [0, 0.05) is 6.54 Å². The molecule has 0 unspecified atom stereocenters. The molecule has 114 valence electrons. The van der Waals surface area contributed by atoms with Crippen LogP contribution in [0, 0.1) is 6.92 Å². The molecule has 1 N–H and O–H groups in total. The Labute approximate surface area is 129 Å². The van der Waals surface area contributed by atoms with Gasteiger partial charge in [-0.15, -0.1) is 5.10 Å². The number of rotatable bonds is 4. The molecule has 0 aliphatic carbocycles. The van der Waals surface area contributed by atoms with Gasteiger partial charge in [0.2, 0.25) is 0 Å². The van der Waals surface area contributed by atoms with Crippen molar-refractivity contribution in [2.45, 2.75) is 32.0 Å². The summed E-state index contributed by atoms with van der Waals surface area (Å²) >= 11 is 0. The highest BCUT2D eigenvalue weighted by atomic mass is 16.5. The van der Waals surface area contributed by atoms with Gasteiger partial charge in [-0.1, -0.05) is 30.3 Å². The number of hydrogen-bond donors (Lipinski definition) is 1. The number of aromatic nitrogens is 2. The van der Waals surface area contributed by atoms with E-state index >= 15 is 0 Å². The standard InChI is InChI=1S/C17H19N3O2/c1-12-7-9-15(20-19-12)17(21)18-11-14-8-10-16(22-14)13-5-3-2-4-6-13/h2-7,9,14,16H,8,10-11H2,1H3,(H,18,21)/t14-,16+/m1/s1. The zero-order valence-corrected chi connectivity index (χ0v) is 12.5. The predicted octanol–water partition coefficient (Wildman–Crippen LogP) is 2.44. The van der Waals surface area contributed by atoms with Crippen LogP contribution in [0.15, 0.2) is 42.5 Å². The smallest absolute Gasteiger partial charge is 0.271 e. The first-order valence-electron chi connectivity index (χ1n) is 7.51. The van der Waals surface area contributed by atoms with Crippen LogP contribution in [-0.2, 0) is 4.74 Å². The Bertz CT molecular complexity index is 628. The zero-order chi connectivity index (χ0) is 15.4. The normalized spacial score (nSPS) is 20.8. The third kappa shape index (κ3) is 3.49. The molecule has 1 aliphatic heterocycles. The van der Waals surface area contributed by atoms with E-state index in [0.29, 0.717) is 12.2 Å². The van der Waals surface area contributed by atoms with Gasteiger partial charge < -0.3 is 10.1 Å². The largest absolute Gasteiger partial charge is 0.368 e. The summed E-state index contributed by atoms with van der Waals surface area (Å²) in [6, 6.07) is 13.6. The highest BCUT2D eigenvalue weighted by molar-refractivity contribution is 5.92. The van der Waals surface area contributed by atoms with Crippen LogP contribution in [0.4, 0.5) is 0 Å². The summed E-state index contributed by atoms with van der Waals surface area (Å²) in [6.07, 6.45) is 2.10. The quantitative estimate of drug-likeness (QED) is 0.941. The fourth-order valence-electron chi connectivity index (χ4n) is 2.59. The minimum atomic E-state index is -0.209. The Balaban J connectivity index is 1.50. The van der Waals surface area contributed by atoms with Crippen molar-refractivity contribution in [2.24, 2.45) is 0 Å². The molecule has 1 saturated heterocycles. The molecule has 22 heavy (non-hydrogen) atoms. The first-order valence-corrected chi connectivity index (χ1v) is 7.51. The molecule has 1 fully saturated rings. The van der Waals surface area contributed by atoms with E-state index in [0.717, 1.165) is 18.5 Å². The third-order valence-corrected chi connectivity index (χ3v) is 3.80. The van der Waals surface area contributed by atoms with Crippen LogP contribution in [0.25, 0.3) is 0 Å². The molecule has 0 saturated carbocycles.